The first-order valence-corrected chi connectivity index (χ1v) is 6.62. The van der Waals surface area contributed by atoms with Gasteiger partial charge in [0.25, 0.3) is 0 Å². The highest BCUT2D eigenvalue weighted by molar-refractivity contribution is 6.62. The Kier molecular flexibility index (Phi) is 2.46. The number of rotatable bonds is 1. The molecule has 2 aliphatic heterocycles. The van der Waals surface area contributed by atoms with Gasteiger partial charge in [0.05, 0.1) is 6.10 Å². The Balaban J connectivity index is 2.18. The zero-order chi connectivity index (χ0) is 9.47. The first kappa shape index (κ1) is 9.61. The molecule has 0 aromatic rings. The van der Waals surface area contributed by atoms with E-state index in [0.717, 1.165) is 12.8 Å². The fourth-order valence-corrected chi connectivity index (χ4v) is 4.39. The lowest BCUT2D eigenvalue weighted by Crippen LogP contribution is -2.44. The summed E-state index contributed by atoms with van der Waals surface area (Å²) in [5.41, 5.74) is 0.227. The molecule has 0 radical (unpaired) electrons. The Hall–Kier alpha value is 0.0569. The zero-order valence-electron chi connectivity index (χ0n) is 8.03. The summed E-state index contributed by atoms with van der Waals surface area (Å²) in [6.07, 6.45) is 0.862. The molecule has 0 spiro atoms. The fraction of sp³-hybridized carbons (Fsp3) is 1.00. The maximum absolute atomic E-state index is 9.55. The van der Waals surface area contributed by atoms with Crippen molar-refractivity contribution in [2.24, 2.45) is 0 Å². The number of fused-ring (bicyclic) bond motifs is 2. The van der Waals surface area contributed by atoms with Crippen molar-refractivity contribution in [2.75, 3.05) is 6.61 Å². The van der Waals surface area contributed by atoms with Crippen LogP contribution in [0.15, 0.2) is 0 Å². The van der Waals surface area contributed by atoms with E-state index in [9.17, 15) is 5.11 Å². The second-order valence-corrected chi connectivity index (χ2v) is 7.04. The average Bonchev–Trinajstić information content (AvgIpc) is 2.30. The van der Waals surface area contributed by atoms with E-state index >= 15 is 0 Å². The molecule has 0 aromatic heterocycles. The standard InChI is InChI=1S/C8H16O4Si/c1-6(2)13-10-5-3-4-7(11-13)8(9)12-13/h6-9H,3-5H2,1-2H3. The highest BCUT2D eigenvalue weighted by atomic mass is 28.4. The summed E-state index contributed by atoms with van der Waals surface area (Å²) < 4.78 is 16.8. The summed E-state index contributed by atoms with van der Waals surface area (Å²) in [4.78, 5) is 0. The lowest BCUT2D eigenvalue weighted by atomic mass is 10.2. The molecular weight excluding hydrogens is 188 g/mol. The van der Waals surface area contributed by atoms with E-state index < -0.39 is 15.1 Å². The number of aliphatic hydroxyl groups is 1. The lowest BCUT2D eigenvalue weighted by molar-refractivity contribution is -0.0531. The maximum Gasteiger partial charge on any atom is 0.506 e. The normalized spacial score (nSPS) is 45.2. The Labute approximate surface area is 79.2 Å². The molecule has 1 N–H and O–H groups in total. The van der Waals surface area contributed by atoms with E-state index in [4.69, 9.17) is 13.3 Å². The van der Waals surface area contributed by atoms with Crippen molar-refractivity contribution < 1.29 is 18.4 Å². The summed E-state index contributed by atoms with van der Waals surface area (Å²) in [6.45, 7) is 4.74. The SMILES string of the molecule is CC(C)[Si]12OCCCC(O1)C(O)O2. The molecule has 0 saturated carbocycles. The lowest BCUT2D eigenvalue weighted by Gasteiger charge is -2.25. The molecule has 3 unspecified atom stereocenters. The van der Waals surface area contributed by atoms with E-state index in [-0.39, 0.29) is 11.6 Å². The molecule has 5 heteroatoms. The van der Waals surface area contributed by atoms with Crippen molar-refractivity contribution in [3.63, 3.8) is 0 Å². The van der Waals surface area contributed by atoms with Crippen LogP contribution in [0.2, 0.25) is 5.54 Å². The maximum atomic E-state index is 9.55. The molecule has 3 atom stereocenters. The van der Waals surface area contributed by atoms with Crippen LogP contribution in [0.4, 0.5) is 0 Å². The summed E-state index contributed by atoms with van der Waals surface area (Å²) in [7, 11) is -2.52. The number of hydrogen-bond acceptors (Lipinski definition) is 4. The van der Waals surface area contributed by atoms with Gasteiger partial charge in [-0.3, -0.25) is 0 Å². The predicted molar refractivity (Wildman–Crippen MR) is 48.0 cm³/mol. The average molecular weight is 204 g/mol. The quantitative estimate of drug-likeness (QED) is 0.644. The van der Waals surface area contributed by atoms with Gasteiger partial charge in [0.1, 0.15) is 0 Å². The van der Waals surface area contributed by atoms with Gasteiger partial charge in [-0.1, -0.05) is 13.8 Å². The van der Waals surface area contributed by atoms with Crippen molar-refractivity contribution in [3.05, 3.63) is 0 Å². The Morgan fingerprint density at radius 3 is 2.85 bits per heavy atom. The van der Waals surface area contributed by atoms with Crippen molar-refractivity contribution in [1.29, 1.82) is 0 Å². The fourth-order valence-electron chi connectivity index (χ4n) is 1.75. The van der Waals surface area contributed by atoms with Crippen LogP contribution < -0.4 is 0 Å². The smallest absolute Gasteiger partial charge is 0.373 e. The minimum atomic E-state index is -2.52. The van der Waals surface area contributed by atoms with Crippen molar-refractivity contribution in [3.8, 4) is 0 Å². The van der Waals surface area contributed by atoms with Crippen LogP contribution in [-0.2, 0) is 13.3 Å². The molecule has 2 fully saturated rings. The molecular formula is C8H16O4Si. The van der Waals surface area contributed by atoms with E-state index in [1.54, 1.807) is 0 Å². The van der Waals surface area contributed by atoms with Gasteiger partial charge in [-0.15, -0.1) is 0 Å². The van der Waals surface area contributed by atoms with Crippen LogP contribution in [0, 0.1) is 0 Å². The molecule has 2 heterocycles. The molecule has 2 saturated heterocycles. The number of aliphatic hydroxyl groups excluding tert-OH is 1. The van der Waals surface area contributed by atoms with Gasteiger partial charge in [0.15, 0.2) is 6.29 Å². The first-order chi connectivity index (χ1) is 6.14. The zero-order valence-corrected chi connectivity index (χ0v) is 9.03. The largest absolute Gasteiger partial charge is 0.506 e. The van der Waals surface area contributed by atoms with Crippen molar-refractivity contribution in [2.45, 2.75) is 44.6 Å². The van der Waals surface area contributed by atoms with Gasteiger partial charge in [-0.2, -0.15) is 0 Å². The minimum Gasteiger partial charge on any atom is -0.373 e. The second kappa shape index (κ2) is 3.32. The summed E-state index contributed by atoms with van der Waals surface area (Å²) >= 11 is 0. The molecule has 0 aliphatic carbocycles. The molecule has 13 heavy (non-hydrogen) atoms. The van der Waals surface area contributed by atoms with Crippen LogP contribution >= 0.6 is 0 Å². The molecule has 2 bridgehead atoms. The monoisotopic (exact) mass is 204 g/mol. The third-order valence-corrected chi connectivity index (χ3v) is 5.78. The van der Waals surface area contributed by atoms with Crippen LogP contribution in [0.3, 0.4) is 0 Å². The first-order valence-electron chi connectivity index (χ1n) is 4.82. The third-order valence-electron chi connectivity index (χ3n) is 2.56. The molecule has 2 aliphatic rings. The number of hydrogen-bond donors (Lipinski definition) is 1. The highest BCUT2D eigenvalue weighted by Crippen LogP contribution is 2.37. The van der Waals surface area contributed by atoms with E-state index in [1.807, 2.05) is 13.8 Å². The van der Waals surface area contributed by atoms with Gasteiger partial charge in [0.2, 0.25) is 0 Å². The summed E-state index contributed by atoms with van der Waals surface area (Å²) in [5.74, 6) is 0. The van der Waals surface area contributed by atoms with E-state index in [0.29, 0.717) is 6.61 Å². The van der Waals surface area contributed by atoms with Crippen LogP contribution in [-0.4, -0.2) is 32.9 Å². The van der Waals surface area contributed by atoms with Crippen LogP contribution in [0.5, 0.6) is 0 Å². The third kappa shape index (κ3) is 1.55. The second-order valence-electron chi connectivity index (χ2n) is 3.91. The van der Waals surface area contributed by atoms with Gasteiger partial charge >= 0.3 is 8.80 Å². The van der Waals surface area contributed by atoms with E-state index in [2.05, 4.69) is 0 Å². The van der Waals surface area contributed by atoms with Crippen LogP contribution in [0.1, 0.15) is 26.7 Å². The Morgan fingerprint density at radius 1 is 1.38 bits per heavy atom. The van der Waals surface area contributed by atoms with Gasteiger partial charge in [-0.05, 0) is 12.8 Å². The molecule has 4 nitrogen and oxygen atoms in total. The molecule has 2 rings (SSSR count). The topological polar surface area (TPSA) is 47.9 Å². The van der Waals surface area contributed by atoms with Gasteiger partial charge in [-0.25, -0.2) is 0 Å². The van der Waals surface area contributed by atoms with Gasteiger partial charge < -0.3 is 18.4 Å². The predicted octanol–water partition coefficient (Wildman–Crippen LogP) is 0.879. The van der Waals surface area contributed by atoms with Crippen molar-refractivity contribution >= 4 is 8.80 Å². The van der Waals surface area contributed by atoms with Crippen LogP contribution in [0.25, 0.3) is 0 Å². The van der Waals surface area contributed by atoms with E-state index in [1.165, 1.54) is 0 Å². The molecule has 0 aromatic carbocycles. The van der Waals surface area contributed by atoms with Crippen molar-refractivity contribution in [1.82, 2.24) is 0 Å². The Morgan fingerprint density at radius 2 is 2.15 bits per heavy atom. The summed E-state index contributed by atoms with van der Waals surface area (Å²) in [5, 5.41) is 9.55. The molecule has 76 valence electrons. The summed E-state index contributed by atoms with van der Waals surface area (Å²) in [6, 6.07) is 0. The highest BCUT2D eigenvalue weighted by Gasteiger charge is 2.56. The minimum absolute atomic E-state index is 0.156. The molecule has 0 amide bonds. The van der Waals surface area contributed by atoms with Gasteiger partial charge in [0, 0.05) is 12.1 Å². The Bertz CT molecular complexity index is 199.